The molecule has 0 radical (unpaired) electrons. The molecule has 2 aliphatic rings. The number of benzene rings is 1. The largest absolute Gasteiger partial charge is 0.338 e. The molecular formula is C23H26FN5O2. The Morgan fingerprint density at radius 2 is 1.94 bits per heavy atom. The van der Waals surface area contributed by atoms with Crippen molar-refractivity contribution < 1.29 is 9.18 Å². The molecule has 162 valence electrons. The number of nitrogens with zero attached hydrogens (tertiary/aromatic N) is 5. The van der Waals surface area contributed by atoms with Crippen LogP contribution >= 0.6 is 0 Å². The van der Waals surface area contributed by atoms with Crippen molar-refractivity contribution in [1.29, 1.82) is 0 Å². The number of hydrogen-bond acceptors (Lipinski definition) is 4. The maximum atomic E-state index is 13.2. The summed E-state index contributed by atoms with van der Waals surface area (Å²) in [6.45, 7) is 7.51. The van der Waals surface area contributed by atoms with Crippen LogP contribution in [0.5, 0.6) is 0 Å². The lowest BCUT2D eigenvalue weighted by atomic mass is 9.65. The van der Waals surface area contributed by atoms with E-state index < -0.39 is 0 Å². The van der Waals surface area contributed by atoms with Crippen molar-refractivity contribution in [2.24, 2.45) is 10.8 Å². The number of rotatable bonds is 3. The Morgan fingerprint density at radius 3 is 2.68 bits per heavy atom. The topological polar surface area (TPSA) is 73.0 Å². The molecule has 3 heterocycles. The monoisotopic (exact) mass is 423 g/mol. The number of aromatic nitrogens is 4. The molecule has 2 atom stereocenters. The fourth-order valence-corrected chi connectivity index (χ4v) is 5.82. The van der Waals surface area contributed by atoms with Crippen LogP contribution in [-0.2, 0) is 11.3 Å². The first-order valence-electron chi connectivity index (χ1n) is 10.6. The molecule has 0 spiro atoms. The van der Waals surface area contributed by atoms with Gasteiger partial charge >= 0.3 is 0 Å². The second kappa shape index (κ2) is 6.73. The van der Waals surface area contributed by atoms with Crippen molar-refractivity contribution in [3.8, 4) is 5.69 Å². The number of halogens is 1. The maximum Gasteiger partial charge on any atom is 0.264 e. The fourth-order valence-electron chi connectivity index (χ4n) is 5.82. The lowest BCUT2D eigenvalue weighted by Gasteiger charge is -2.39. The van der Waals surface area contributed by atoms with Crippen LogP contribution in [0.1, 0.15) is 40.0 Å². The molecule has 1 aromatic carbocycles. The summed E-state index contributed by atoms with van der Waals surface area (Å²) in [4.78, 5) is 32.5. The van der Waals surface area contributed by atoms with Crippen LogP contribution < -0.4 is 5.56 Å². The van der Waals surface area contributed by atoms with E-state index in [1.165, 1.54) is 33.9 Å². The minimum atomic E-state index is -0.349. The third-order valence-electron chi connectivity index (χ3n) is 6.67. The first-order chi connectivity index (χ1) is 14.6. The Labute approximate surface area is 179 Å². The fraction of sp³-hybridized carbons (Fsp3) is 0.478. The van der Waals surface area contributed by atoms with E-state index in [4.69, 9.17) is 0 Å². The molecule has 8 heteroatoms. The number of carbonyl (C=O) groups is 1. The van der Waals surface area contributed by atoms with Crippen LogP contribution in [0, 0.1) is 16.6 Å². The summed E-state index contributed by atoms with van der Waals surface area (Å²) < 4.78 is 16.1. The predicted molar refractivity (Wildman–Crippen MR) is 114 cm³/mol. The highest BCUT2D eigenvalue weighted by Crippen LogP contribution is 2.52. The van der Waals surface area contributed by atoms with Gasteiger partial charge in [-0.05, 0) is 54.4 Å². The zero-order valence-electron chi connectivity index (χ0n) is 18.0. The van der Waals surface area contributed by atoms with Gasteiger partial charge in [0.2, 0.25) is 5.91 Å². The van der Waals surface area contributed by atoms with E-state index in [2.05, 4.69) is 30.9 Å². The van der Waals surface area contributed by atoms with Crippen LogP contribution in [0.3, 0.4) is 0 Å². The molecule has 2 aromatic heterocycles. The molecule has 5 rings (SSSR count). The summed E-state index contributed by atoms with van der Waals surface area (Å²) in [5.74, 6) is -0.390. The van der Waals surface area contributed by atoms with Crippen molar-refractivity contribution >= 4 is 16.9 Å². The molecule has 1 saturated carbocycles. The average Bonchev–Trinajstić information content (AvgIpc) is 3.22. The van der Waals surface area contributed by atoms with Gasteiger partial charge in [0, 0.05) is 12.6 Å². The standard InChI is InChI=1S/C23H26FN5O2/c1-22(2)8-17-9-23(3,12-22)13-28(17)19(30)11-27-14-25-20-18(21(27)31)10-26-29(20)16-6-4-15(24)5-7-16/h4-7,10,14,17H,8-9,11-13H2,1-3H3/t17-,23-/m0/s1. The molecule has 1 aliphatic carbocycles. The van der Waals surface area contributed by atoms with Gasteiger partial charge in [-0.25, -0.2) is 14.1 Å². The van der Waals surface area contributed by atoms with E-state index in [0.29, 0.717) is 16.7 Å². The highest BCUT2D eigenvalue weighted by atomic mass is 19.1. The first kappa shape index (κ1) is 19.9. The van der Waals surface area contributed by atoms with E-state index in [9.17, 15) is 14.0 Å². The number of hydrogen-bond donors (Lipinski definition) is 0. The molecule has 3 aromatic rings. The number of likely N-dealkylation sites (tertiary alicyclic amines) is 1. The van der Waals surface area contributed by atoms with Gasteiger partial charge in [0.05, 0.1) is 11.9 Å². The van der Waals surface area contributed by atoms with Gasteiger partial charge in [-0.3, -0.25) is 14.2 Å². The zero-order chi connectivity index (χ0) is 22.0. The highest BCUT2D eigenvalue weighted by Gasteiger charge is 2.50. The van der Waals surface area contributed by atoms with E-state index in [1.807, 2.05) is 4.90 Å². The van der Waals surface area contributed by atoms with Gasteiger partial charge < -0.3 is 4.90 Å². The zero-order valence-corrected chi connectivity index (χ0v) is 18.0. The summed E-state index contributed by atoms with van der Waals surface area (Å²) in [5.41, 5.74) is 1.05. The third-order valence-corrected chi connectivity index (χ3v) is 6.67. The molecule has 31 heavy (non-hydrogen) atoms. The molecule has 2 fully saturated rings. The molecule has 0 N–H and O–H groups in total. The quantitative estimate of drug-likeness (QED) is 0.649. The van der Waals surface area contributed by atoms with E-state index in [0.717, 1.165) is 25.8 Å². The van der Waals surface area contributed by atoms with Gasteiger partial charge in [-0.1, -0.05) is 20.8 Å². The van der Waals surface area contributed by atoms with Gasteiger partial charge in [-0.2, -0.15) is 5.10 Å². The third kappa shape index (κ3) is 3.43. The van der Waals surface area contributed by atoms with E-state index in [-0.39, 0.29) is 40.7 Å². The Hall–Kier alpha value is -3.03. The number of fused-ring (bicyclic) bond motifs is 3. The van der Waals surface area contributed by atoms with Gasteiger partial charge in [0.25, 0.3) is 5.56 Å². The minimum absolute atomic E-state index is 0.0312. The molecule has 0 unspecified atom stereocenters. The highest BCUT2D eigenvalue weighted by molar-refractivity contribution is 5.78. The van der Waals surface area contributed by atoms with Crippen LogP contribution in [0.4, 0.5) is 4.39 Å². The van der Waals surface area contributed by atoms with Gasteiger partial charge in [0.15, 0.2) is 5.65 Å². The van der Waals surface area contributed by atoms with Gasteiger partial charge in [0.1, 0.15) is 24.1 Å². The van der Waals surface area contributed by atoms with Crippen molar-refractivity contribution in [3.63, 3.8) is 0 Å². The molecule has 2 bridgehead atoms. The second-order valence-electron chi connectivity index (χ2n) is 10.2. The Morgan fingerprint density at radius 1 is 1.19 bits per heavy atom. The molecule has 7 nitrogen and oxygen atoms in total. The summed E-state index contributed by atoms with van der Waals surface area (Å²) in [5, 5.41) is 4.57. The van der Waals surface area contributed by atoms with Crippen molar-refractivity contribution in [1.82, 2.24) is 24.2 Å². The summed E-state index contributed by atoms with van der Waals surface area (Å²) >= 11 is 0. The summed E-state index contributed by atoms with van der Waals surface area (Å²) in [6.07, 6.45) is 5.97. The van der Waals surface area contributed by atoms with Crippen LogP contribution in [0.25, 0.3) is 16.7 Å². The normalized spacial score (nSPS) is 24.6. The predicted octanol–water partition coefficient (Wildman–Crippen LogP) is 3.15. The van der Waals surface area contributed by atoms with Gasteiger partial charge in [-0.15, -0.1) is 0 Å². The molecule has 1 aliphatic heterocycles. The Bertz CT molecular complexity index is 1230. The first-order valence-corrected chi connectivity index (χ1v) is 10.6. The molecule has 1 amide bonds. The average molecular weight is 423 g/mol. The van der Waals surface area contributed by atoms with Crippen molar-refractivity contribution in [3.05, 3.63) is 53.0 Å². The smallest absolute Gasteiger partial charge is 0.264 e. The van der Waals surface area contributed by atoms with Crippen LogP contribution in [-0.4, -0.2) is 42.7 Å². The SMILES string of the molecule is CC1(C)C[C@H]2C[C@](C)(CN2C(=O)Cn2cnc3c(cnn3-c3ccc(F)cc3)c2=O)C1. The Kier molecular flexibility index (Phi) is 4.32. The van der Waals surface area contributed by atoms with E-state index in [1.54, 1.807) is 12.1 Å². The summed E-state index contributed by atoms with van der Waals surface area (Å²) in [7, 11) is 0. The van der Waals surface area contributed by atoms with Crippen LogP contribution in [0.2, 0.25) is 0 Å². The molecule has 1 saturated heterocycles. The number of carbonyl (C=O) groups excluding carboxylic acids is 1. The summed E-state index contributed by atoms with van der Waals surface area (Å²) in [6, 6.07) is 6.04. The minimum Gasteiger partial charge on any atom is -0.338 e. The lowest BCUT2D eigenvalue weighted by Crippen LogP contribution is -2.40. The maximum absolute atomic E-state index is 13.2. The Balaban J connectivity index is 1.41. The lowest BCUT2D eigenvalue weighted by molar-refractivity contribution is -0.133. The van der Waals surface area contributed by atoms with Crippen molar-refractivity contribution in [2.75, 3.05) is 6.54 Å². The molecular weight excluding hydrogens is 397 g/mol. The van der Waals surface area contributed by atoms with E-state index >= 15 is 0 Å². The van der Waals surface area contributed by atoms with Crippen LogP contribution in [0.15, 0.2) is 41.6 Å². The second-order valence-corrected chi connectivity index (χ2v) is 10.2. The number of amides is 1. The van der Waals surface area contributed by atoms with Crippen molar-refractivity contribution in [2.45, 2.75) is 52.6 Å².